The average molecular weight is 297 g/mol. The van der Waals surface area contributed by atoms with Crippen molar-refractivity contribution in [2.45, 2.75) is 39.7 Å². The third kappa shape index (κ3) is 5.93. The van der Waals surface area contributed by atoms with Crippen LogP contribution in [0.2, 0.25) is 5.02 Å². The maximum atomic E-state index is 12.1. The van der Waals surface area contributed by atoms with E-state index in [0.717, 1.165) is 12.0 Å². The molecule has 4 heteroatoms. The minimum absolute atomic E-state index is 0.0164. The Labute approximate surface area is 126 Å². The Morgan fingerprint density at radius 1 is 1.25 bits per heavy atom. The molecule has 0 saturated heterocycles. The van der Waals surface area contributed by atoms with E-state index in [4.69, 9.17) is 17.3 Å². The van der Waals surface area contributed by atoms with Crippen LogP contribution >= 0.6 is 11.6 Å². The van der Waals surface area contributed by atoms with Gasteiger partial charge in [0.25, 0.3) is 0 Å². The number of rotatable bonds is 7. The summed E-state index contributed by atoms with van der Waals surface area (Å²) in [6, 6.07) is 7.52. The first-order valence-electron chi connectivity index (χ1n) is 7.17. The molecule has 0 bridgehead atoms. The molecule has 1 rings (SSSR count). The molecule has 0 saturated carbocycles. The van der Waals surface area contributed by atoms with Gasteiger partial charge in [0, 0.05) is 11.4 Å². The van der Waals surface area contributed by atoms with Crippen LogP contribution in [0.4, 0.5) is 0 Å². The number of hydrogen-bond acceptors (Lipinski definition) is 2. The van der Waals surface area contributed by atoms with E-state index in [-0.39, 0.29) is 17.9 Å². The first kappa shape index (κ1) is 17.0. The predicted octanol–water partition coefficient (Wildman–Crippen LogP) is 3.53. The summed E-state index contributed by atoms with van der Waals surface area (Å²) in [5, 5.41) is 3.72. The second kappa shape index (κ2) is 8.28. The molecule has 0 aromatic heterocycles. The fraction of sp³-hybridized carbons (Fsp3) is 0.562. The Hall–Kier alpha value is -1.06. The fourth-order valence-electron chi connectivity index (χ4n) is 2.33. The smallest absolute Gasteiger partial charge is 0.220 e. The highest BCUT2D eigenvalue weighted by Gasteiger charge is 2.16. The summed E-state index contributed by atoms with van der Waals surface area (Å²) in [4.78, 5) is 12.1. The molecule has 0 aliphatic heterocycles. The van der Waals surface area contributed by atoms with Crippen molar-refractivity contribution in [1.82, 2.24) is 5.32 Å². The molecule has 1 aromatic rings. The van der Waals surface area contributed by atoms with Gasteiger partial charge in [0.1, 0.15) is 0 Å². The summed E-state index contributed by atoms with van der Waals surface area (Å²) in [7, 11) is 0. The molecule has 0 radical (unpaired) electrons. The monoisotopic (exact) mass is 296 g/mol. The molecule has 2 atom stereocenters. The Kier molecular flexibility index (Phi) is 7.03. The minimum atomic E-state index is -0.0164. The van der Waals surface area contributed by atoms with Crippen molar-refractivity contribution in [1.29, 1.82) is 0 Å². The van der Waals surface area contributed by atoms with Crippen LogP contribution in [0.3, 0.4) is 0 Å². The van der Waals surface area contributed by atoms with Crippen LogP contribution in [0.1, 0.15) is 45.2 Å². The van der Waals surface area contributed by atoms with Crippen molar-refractivity contribution in [3.8, 4) is 0 Å². The lowest BCUT2D eigenvalue weighted by atomic mass is 9.94. The van der Waals surface area contributed by atoms with Crippen molar-refractivity contribution >= 4 is 17.5 Å². The first-order valence-corrected chi connectivity index (χ1v) is 7.55. The van der Waals surface area contributed by atoms with E-state index in [1.54, 1.807) is 0 Å². The van der Waals surface area contributed by atoms with Crippen LogP contribution in [0.25, 0.3) is 0 Å². The van der Waals surface area contributed by atoms with E-state index in [1.807, 2.05) is 31.2 Å². The van der Waals surface area contributed by atoms with Gasteiger partial charge in [0.15, 0.2) is 0 Å². The summed E-state index contributed by atoms with van der Waals surface area (Å²) in [6.45, 7) is 6.83. The molecule has 3 nitrogen and oxygen atoms in total. The maximum Gasteiger partial charge on any atom is 0.220 e. The van der Waals surface area contributed by atoms with Gasteiger partial charge in [-0.15, -0.1) is 0 Å². The normalized spacial score (nSPS) is 14.1. The number of carbonyl (C=O) groups is 1. The van der Waals surface area contributed by atoms with Crippen molar-refractivity contribution in [3.05, 3.63) is 34.9 Å². The zero-order chi connectivity index (χ0) is 15.1. The van der Waals surface area contributed by atoms with Gasteiger partial charge in [0.2, 0.25) is 5.91 Å². The van der Waals surface area contributed by atoms with E-state index in [2.05, 4.69) is 19.2 Å². The van der Waals surface area contributed by atoms with Crippen molar-refractivity contribution in [2.75, 3.05) is 6.54 Å². The highest BCUT2D eigenvalue weighted by molar-refractivity contribution is 6.30. The number of carbonyl (C=O) groups excluding carboxylic acids is 1. The number of benzene rings is 1. The topological polar surface area (TPSA) is 55.1 Å². The van der Waals surface area contributed by atoms with Gasteiger partial charge in [-0.2, -0.15) is 0 Å². The van der Waals surface area contributed by atoms with Gasteiger partial charge in [-0.25, -0.2) is 0 Å². The molecule has 0 aliphatic carbocycles. The molecule has 1 amide bonds. The van der Waals surface area contributed by atoms with Crippen LogP contribution in [0.15, 0.2) is 24.3 Å². The Bertz CT molecular complexity index is 417. The van der Waals surface area contributed by atoms with E-state index in [9.17, 15) is 4.79 Å². The molecule has 3 N–H and O–H groups in total. The molecule has 1 unspecified atom stereocenters. The SMILES string of the molecule is CC(C)CC(CN)CC(=O)N[C@H](C)c1ccc(Cl)cc1. The van der Waals surface area contributed by atoms with Crippen molar-refractivity contribution in [3.63, 3.8) is 0 Å². The molecule has 0 heterocycles. The summed E-state index contributed by atoms with van der Waals surface area (Å²) in [5.74, 6) is 0.876. The van der Waals surface area contributed by atoms with Gasteiger partial charge in [0.05, 0.1) is 6.04 Å². The van der Waals surface area contributed by atoms with Crippen molar-refractivity contribution in [2.24, 2.45) is 17.6 Å². The van der Waals surface area contributed by atoms with Crippen LogP contribution in [-0.4, -0.2) is 12.5 Å². The van der Waals surface area contributed by atoms with E-state index < -0.39 is 0 Å². The molecule has 0 spiro atoms. The number of hydrogen-bond donors (Lipinski definition) is 2. The maximum absolute atomic E-state index is 12.1. The number of amides is 1. The molecular weight excluding hydrogens is 272 g/mol. The standard InChI is InChI=1S/C16H25ClN2O/c1-11(2)8-13(10-18)9-16(20)19-12(3)14-4-6-15(17)7-5-14/h4-7,11-13H,8-10,18H2,1-3H3,(H,19,20)/t12-,13?/m1/s1. The molecular formula is C16H25ClN2O. The van der Waals surface area contributed by atoms with Gasteiger partial charge in [-0.3, -0.25) is 4.79 Å². The zero-order valence-electron chi connectivity index (χ0n) is 12.5. The van der Waals surface area contributed by atoms with Crippen LogP contribution in [0.5, 0.6) is 0 Å². The first-order chi connectivity index (χ1) is 9.42. The quantitative estimate of drug-likeness (QED) is 0.809. The second-order valence-electron chi connectivity index (χ2n) is 5.78. The lowest BCUT2D eigenvalue weighted by Gasteiger charge is -2.19. The van der Waals surface area contributed by atoms with E-state index >= 15 is 0 Å². The second-order valence-corrected chi connectivity index (χ2v) is 6.21. The largest absolute Gasteiger partial charge is 0.350 e. The number of halogens is 1. The lowest BCUT2D eigenvalue weighted by molar-refractivity contribution is -0.122. The average Bonchev–Trinajstić information content (AvgIpc) is 2.37. The number of nitrogens with two attached hydrogens (primary N) is 1. The predicted molar refractivity (Wildman–Crippen MR) is 84.6 cm³/mol. The summed E-state index contributed by atoms with van der Waals surface area (Å²) in [6.07, 6.45) is 1.48. The van der Waals surface area contributed by atoms with Gasteiger partial charge < -0.3 is 11.1 Å². The molecule has 20 heavy (non-hydrogen) atoms. The van der Waals surface area contributed by atoms with Gasteiger partial charge in [-0.05, 0) is 49.4 Å². The molecule has 1 aromatic carbocycles. The molecule has 0 fully saturated rings. The van der Waals surface area contributed by atoms with Crippen molar-refractivity contribution < 1.29 is 4.79 Å². The molecule has 0 aliphatic rings. The minimum Gasteiger partial charge on any atom is -0.350 e. The van der Waals surface area contributed by atoms with E-state index in [1.165, 1.54) is 0 Å². The Balaban J connectivity index is 2.50. The Morgan fingerprint density at radius 2 is 1.85 bits per heavy atom. The van der Waals surface area contributed by atoms with E-state index in [0.29, 0.717) is 23.9 Å². The highest BCUT2D eigenvalue weighted by Crippen LogP contribution is 2.18. The lowest BCUT2D eigenvalue weighted by Crippen LogP contribution is -2.30. The Morgan fingerprint density at radius 3 is 2.35 bits per heavy atom. The summed E-state index contributed by atoms with van der Waals surface area (Å²) >= 11 is 5.86. The van der Waals surface area contributed by atoms with Crippen LogP contribution < -0.4 is 11.1 Å². The van der Waals surface area contributed by atoms with Crippen LogP contribution in [0, 0.1) is 11.8 Å². The molecule has 112 valence electrons. The third-order valence-electron chi connectivity index (χ3n) is 3.36. The number of nitrogens with one attached hydrogen (secondary N) is 1. The summed E-state index contributed by atoms with van der Waals surface area (Å²) < 4.78 is 0. The highest BCUT2D eigenvalue weighted by atomic mass is 35.5. The van der Waals surface area contributed by atoms with Crippen LogP contribution in [-0.2, 0) is 4.79 Å². The third-order valence-corrected chi connectivity index (χ3v) is 3.61. The fourth-order valence-corrected chi connectivity index (χ4v) is 2.45. The van der Waals surface area contributed by atoms with Gasteiger partial charge in [-0.1, -0.05) is 37.6 Å². The summed E-state index contributed by atoms with van der Waals surface area (Å²) in [5.41, 5.74) is 6.79. The zero-order valence-corrected chi connectivity index (χ0v) is 13.3. The van der Waals surface area contributed by atoms with Gasteiger partial charge >= 0.3 is 0 Å².